The Bertz CT molecular complexity index is 456. The Labute approximate surface area is 98.2 Å². The number of anilines is 1. The number of nitro benzene ring substituents is 1. The maximum atomic E-state index is 13.3. The first-order valence-electron chi connectivity index (χ1n) is 4.67. The normalized spacial score (nSPS) is 12.6. The molecule has 0 amide bonds. The predicted molar refractivity (Wildman–Crippen MR) is 53.5 cm³/mol. The number of rotatable bonds is 5. The molecule has 0 saturated carbocycles. The van der Waals surface area contributed by atoms with Crippen molar-refractivity contribution in [1.29, 1.82) is 0 Å². The van der Waals surface area contributed by atoms with Crippen molar-refractivity contribution in [3.8, 4) is 0 Å². The number of benzene rings is 1. The van der Waals surface area contributed by atoms with Gasteiger partial charge in [-0.15, -0.1) is 0 Å². The highest BCUT2D eigenvalue weighted by molar-refractivity contribution is 5.62. The standard InChI is InChI=1S/C9H8F4N2O3/c10-4-1-2-5(15(17)18)8(7(4)11)14-3-6(16)9(12)13/h1-2,6,9,14,16H,3H2. The summed E-state index contributed by atoms with van der Waals surface area (Å²) in [5.41, 5.74) is -1.69. The van der Waals surface area contributed by atoms with Crippen molar-refractivity contribution >= 4 is 11.4 Å². The van der Waals surface area contributed by atoms with Crippen LogP contribution >= 0.6 is 0 Å². The molecule has 0 heterocycles. The Morgan fingerprint density at radius 2 is 2.00 bits per heavy atom. The fraction of sp³-hybridized carbons (Fsp3) is 0.333. The van der Waals surface area contributed by atoms with Gasteiger partial charge in [-0.05, 0) is 6.07 Å². The zero-order chi connectivity index (χ0) is 13.9. The van der Waals surface area contributed by atoms with E-state index < -0.39 is 47.0 Å². The van der Waals surface area contributed by atoms with Crippen LogP contribution in [0.2, 0.25) is 0 Å². The molecule has 0 aliphatic heterocycles. The molecule has 0 radical (unpaired) electrons. The van der Waals surface area contributed by atoms with Gasteiger partial charge in [0.1, 0.15) is 6.10 Å². The SMILES string of the molecule is O=[N+]([O-])c1ccc(F)c(F)c1NCC(O)C(F)F. The predicted octanol–water partition coefficient (Wildman–Crippen LogP) is 1.91. The quantitative estimate of drug-likeness (QED) is 0.486. The molecule has 5 nitrogen and oxygen atoms in total. The van der Waals surface area contributed by atoms with E-state index in [1.165, 1.54) is 0 Å². The molecule has 1 unspecified atom stereocenters. The number of nitro groups is 1. The zero-order valence-corrected chi connectivity index (χ0v) is 8.74. The largest absolute Gasteiger partial charge is 0.385 e. The summed E-state index contributed by atoms with van der Waals surface area (Å²) in [6.45, 7) is -0.848. The van der Waals surface area contributed by atoms with E-state index in [4.69, 9.17) is 5.11 Å². The van der Waals surface area contributed by atoms with Crippen LogP contribution in [0.1, 0.15) is 0 Å². The highest BCUT2D eigenvalue weighted by atomic mass is 19.3. The number of nitrogens with one attached hydrogen (secondary N) is 1. The molecule has 9 heteroatoms. The lowest BCUT2D eigenvalue weighted by molar-refractivity contribution is -0.384. The average molecular weight is 268 g/mol. The molecule has 0 aromatic heterocycles. The maximum Gasteiger partial charge on any atom is 0.295 e. The van der Waals surface area contributed by atoms with Crippen LogP contribution in [0.5, 0.6) is 0 Å². The average Bonchev–Trinajstić information content (AvgIpc) is 2.29. The summed E-state index contributed by atoms with van der Waals surface area (Å²) in [5.74, 6) is -2.93. The Kier molecular flexibility index (Phi) is 4.43. The van der Waals surface area contributed by atoms with E-state index >= 15 is 0 Å². The van der Waals surface area contributed by atoms with Crippen LogP contribution in [0, 0.1) is 21.7 Å². The Morgan fingerprint density at radius 3 is 2.50 bits per heavy atom. The summed E-state index contributed by atoms with van der Waals surface area (Å²) in [7, 11) is 0. The van der Waals surface area contributed by atoms with Crippen LogP contribution in [-0.4, -0.2) is 29.1 Å². The molecule has 0 spiro atoms. The first kappa shape index (κ1) is 14.2. The zero-order valence-electron chi connectivity index (χ0n) is 8.74. The van der Waals surface area contributed by atoms with Gasteiger partial charge in [0.2, 0.25) is 0 Å². The molecule has 0 fully saturated rings. The lowest BCUT2D eigenvalue weighted by Gasteiger charge is -2.12. The van der Waals surface area contributed by atoms with E-state index in [0.29, 0.717) is 12.1 Å². The number of hydrogen-bond acceptors (Lipinski definition) is 4. The third-order valence-electron chi connectivity index (χ3n) is 2.05. The number of aliphatic hydroxyl groups is 1. The molecule has 2 N–H and O–H groups in total. The molecule has 1 aromatic carbocycles. The summed E-state index contributed by atoms with van der Waals surface area (Å²) >= 11 is 0. The second kappa shape index (κ2) is 5.63. The first-order chi connectivity index (χ1) is 8.34. The second-order valence-corrected chi connectivity index (χ2v) is 3.30. The van der Waals surface area contributed by atoms with Gasteiger partial charge in [-0.2, -0.15) is 0 Å². The van der Waals surface area contributed by atoms with Gasteiger partial charge in [0.15, 0.2) is 17.3 Å². The van der Waals surface area contributed by atoms with E-state index in [1.54, 1.807) is 0 Å². The van der Waals surface area contributed by atoms with Crippen LogP contribution < -0.4 is 5.32 Å². The number of nitrogens with zero attached hydrogens (tertiary/aromatic N) is 1. The molecule has 1 aromatic rings. The van der Waals surface area contributed by atoms with Crippen LogP contribution in [0.3, 0.4) is 0 Å². The monoisotopic (exact) mass is 268 g/mol. The topological polar surface area (TPSA) is 75.4 Å². The van der Waals surface area contributed by atoms with E-state index in [1.807, 2.05) is 5.32 Å². The molecule has 1 atom stereocenters. The molecule has 0 aliphatic rings. The van der Waals surface area contributed by atoms with Crippen molar-refractivity contribution in [1.82, 2.24) is 0 Å². The summed E-state index contributed by atoms with van der Waals surface area (Å²) in [5, 5.41) is 21.2. The van der Waals surface area contributed by atoms with Crippen molar-refractivity contribution in [3.63, 3.8) is 0 Å². The van der Waals surface area contributed by atoms with Gasteiger partial charge in [-0.25, -0.2) is 17.6 Å². The third-order valence-corrected chi connectivity index (χ3v) is 2.05. The van der Waals surface area contributed by atoms with E-state index in [2.05, 4.69) is 0 Å². The van der Waals surface area contributed by atoms with Gasteiger partial charge < -0.3 is 10.4 Å². The molecule has 18 heavy (non-hydrogen) atoms. The van der Waals surface area contributed by atoms with Gasteiger partial charge in [0, 0.05) is 12.6 Å². The Hall–Kier alpha value is -1.90. The third kappa shape index (κ3) is 3.06. The van der Waals surface area contributed by atoms with Crippen LogP contribution in [0.4, 0.5) is 28.9 Å². The van der Waals surface area contributed by atoms with Crippen molar-refractivity contribution in [3.05, 3.63) is 33.9 Å². The minimum atomic E-state index is -3.10. The maximum absolute atomic E-state index is 13.3. The van der Waals surface area contributed by atoms with Crippen LogP contribution in [0.15, 0.2) is 12.1 Å². The smallest absolute Gasteiger partial charge is 0.295 e. The molecule has 0 bridgehead atoms. The molecular weight excluding hydrogens is 260 g/mol. The minimum Gasteiger partial charge on any atom is -0.385 e. The number of alkyl halides is 2. The first-order valence-corrected chi connectivity index (χ1v) is 4.67. The summed E-state index contributed by atoms with van der Waals surface area (Å²) in [6.07, 6.45) is -5.25. The molecule has 100 valence electrons. The fourth-order valence-electron chi connectivity index (χ4n) is 1.16. The van der Waals surface area contributed by atoms with Gasteiger partial charge in [-0.1, -0.05) is 0 Å². The van der Waals surface area contributed by atoms with Crippen molar-refractivity contribution in [2.24, 2.45) is 0 Å². The number of hydrogen-bond donors (Lipinski definition) is 2. The van der Waals surface area contributed by atoms with E-state index in [-0.39, 0.29) is 0 Å². The van der Waals surface area contributed by atoms with E-state index in [0.717, 1.165) is 0 Å². The van der Waals surface area contributed by atoms with Crippen molar-refractivity contribution < 1.29 is 27.6 Å². The van der Waals surface area contributed by atoms with Crippen molar-refractivity contribution in [2.75, 3.05) is 11.9 Å². The minimum absolute atomic E-state index is 0.544. The van der Waals surface area contributed by atoms with E-state index in [9.17, 15) is 27.7 Å². The van der Waals surface area contributed by atoms with Gasteiger partial charge in [0.25, 0.3) is 12.1 Å². The molecule has 0 aliphatic carbocycles. The number of aliphatic hydroxyl groups excluding tert-OH is 1. The Morgan fingerprint density at radius 1 is 1.39 bits per heavy atom. The molecule has 0 saturated heterocycles. The Balaban J connectivity index is 2.99. The second-order valence-electron chi connectivity index (χ2n) is 3.30. The van der Waals surface area contributed by atoms with Crippen LogP contribution in [-0.2, 0) is 0 Å². The fourth-order valence-corrected chi connectivity index (χ4v) is 1.16. The number of halogens is 4. The highest BCUT2D eigenvalue weighted by Crippen LogP contribution is 2.29. The highest BCUT2D eigenvalue weighted by Gasteiger charge is 2.24. The lowest BCUT2D eigenvalue weighted by Crippen LogP contribution is -2.27. The molecular formula is C9H8F4N2O3. The van der Waals surface area contributed by atoms with Crippen LogP contribution in [0.25, 0.3) is 0 Å². The van der Waals surface area contributed by atoms with Gasteiger partial charge in [0.05, 0.1) is 4.92 Å². The summed E-state index contributed by atoms with van der Waals surface area (Å²) < 4.78 is 50.1. The van der Waals surface area contributed by atoms with Crippen molar-refractivity contribution in [2.45, 2.75) is 12.5 Å². The summed E-state index contributed by atoms with van der Waals surface area (Å²) in [4.78, 5) is 9.53. The lowest BCUT2D eigenvalue weighted by atomic mass is 10.2. The van der Waals surface area contributed by atoms with Gasteiger partial charge in [-0.3, -0.25) is 10.1 Å². The molecule has 1 rings (SSSR count). The summed E-state index contributed by atoms with van der Waals surface area (Å²) in [6, 6.07) is 1.23. The van der Waals surface area contributed by atoms with Gasteiger partial charge >= 0.3 is 0 Å².